The SMILES string of the molecule is CCC(=O)N(Cc1ccc(OC)cc1)[C@@H](C)C(=O)NC(C)C. The first-order valence-electron chi connectivity index (χ1n) is 7.61. The van der Waals surface area contributed by atoms with Crippen LogP contribution in [0.25, 0.3) is 0 Å². The Kier molecular flexibility index (Phi) is 6.89. The van der Waals surface area contributed by atoms with Crippen LogP contribution < -0.4 is 10.1 Å². The Bertz CT molecular complexity index is 497. The van der Waals surface area contributed by atoms with E-state index in [0.29, 0.717) is 13.0 Å². The van der Waals surface area contributed by atoms with Gasteiger partial charge >= 0.3 is 0 Å². The summed E-state index contributed by atoms with van der Waals surface area (Å²) < 4.78 is 5.13. The fourth-order valence-corrected chi connectivity index (χ4v) is 2.12. The van der Waals surface area contributed by atoms with Crippen LogP contribution in [0.2, 0.25) is 0 Å². The Morgan fingerprint density at radius 2 is 1.77 bits per heavy atom. The lowest BCUT2D eigenvalue weighted by Crippen LogP contribution is -2.48. The average molecular weight is 306 g/mol. The molecule has 5 heteroatoms. The van der Waals surface area contributed by atoms with Gasteiger partial charge in [0.15, 0.2) is 0 Å². The Labute approximate surface area is 132 Å². The Hall–Kier alpha value is -2.04. The summed E-state index contributed by atoms with van der Waals surface area (Å²) in [5, 5.41) is 2.85. The van der Waals surface area contributed by atoms with Gasteiger partial charge in [-0.1, -0.05) is 19.1 Å². The second-order valence-electron chi connectivity index (χ2n) is 5.56. The van der Waals surface area contributed by atoms with Crippen LogP contribution in [0.5, 0.6) is 5.75 Å². The molecular formula is C17H26N2O3. The second kappa shape index (κ2) is 8.41. The molecule has 0 radical (unpaired) electrons. The Morgan fingerprint density at radius 1 is 1.18 bits per heavy atom. The molecule has 0 aliphatic rings. The molecule has 5 nitrogen and oxygen atoms in total. The number of hydrogen-bond acceptors (Lipinski definition) is 3. The minimum atomic E-state index is -0.503. The molecule has 22 heavy (non-hydrogen) atoms. The van der Waals surface area contributed by atoms with E-state index in [1.54, 1.807) is 25.9 Å². The number of nitrogens with zero attached hydrogens (tertiary/aromatic N) is 1. The molecule has 0 saturated heterocycles. The van der Waals surface area contributed by atoms with E-state index in [1.807, 2.05) is 38.1 Å². The number of rotatable bonds is 7. The number of carbonyl (C=O) groups excluding carboxylic acids is 2. The molecule has 1 N–H and O–H groups in total. The predicted molar refractivity (Wildman–Crippen MR) is 86.6 cm³/mol. The number of hydrogen-bond donors (Lipinski definition) is 1. The van der Waals surface area contributed by atoms with Crippen molar-refractivity contribution in [2.24, 2.45) is 0 Å². The fraction of sp³-hybridized carbons (Fsp3) is 0.529. The number of methoxy groups -OCH3 is 1. The van der Waals surface area contributed by atoms with Crippen molar-refractivity contribution < 1.29 is 14.3 Å². The van der Waals surface area contributed by atoms with Gasteiger partial charge in [0.05, 0.1) is 7.11 Å². The van der Waals surface area contributed by atoms with E-state index in [1.165, 1.54) is 0 Å². The highest BCUT2D eigenvalue weighted by Crippen LogP contribution is 2.15. The number of nitrogens with one attached hydrogen (secondary N) is 1. The van der Waals surface area contributed by atoms with Crippen LogP contribution in [-0.2, 0) is 16.1 Å². The molecule has 0 bridgehead atoms. The van der Waals surface area contributed by atoms with Gasteiger partial charge < -0.3 is 15.0 Å². The summed E-state index contributed by atoms with van der Waals surface area (Å²) >= 11 is 0. The third kappa shape index (κ3) is 5.06. The highest BCUT2D eigenvalue weighted by Gasteiger charge is 2.25. The van der Waals surface area contributed by atoms with Crippen molar-refractivity contribution in [2.45, 2.75) is 52.7 Å². The Balaban J connectivity index is 2.87. The van der Waals surface area contributed by atoms with Crippen molar-refractivity contribution in [3.05, 3.63) is 29.8 Å². The highest BCUT2D eigenvalue weighted by molar-refractivity contribution is 5.87. The van der Waals surface area contributed by atoms with Crippen molar-refractivity contribution in [1.82, 2.24) is 10.2 Å². The molecule has 1 atom stereocenters. The van der Waals surface area contributed by atoms with Gasteiger partial charge in [-0.25, -0.2) is 0 Å². The molecule has 1 rings (SSSR count). The predicted octanol–water partition coefficient (Wildman–Crippen LogP) is 2.35. The van der Waals surface area contributed by atoms with Gasteiger partial charge in [-0.2, -0.15) is 0 Å². The minimum Gasteiger partial charge on any atom is -0.497 e. The molecule has 0 heterocycles. The van der Waals surface area contributed by atoms with E-state index in [-0.39, 0.29) is 17.9 Å². The molecule has 0 unspecified atom stereocenters. The Morgan fingerprint density at radius 3 is 2.23 bits per heavy atom. The first-order chi connectivity index (χ1) is 10.4. The van der Waals surface area contributed by atoms with E-state index in [2.05, 4.69) is 5.32 Å². The summed E-state index contributed by atoms with van der Waals surface area (Å²) in [6.45, 7) is 7.77. The van der Waals surface area contributed by atoms with Gasteiger partial charge in [0.2, 0.25) is 11.8 Å². The second-order valence-corrected chi connectivity index (χ2v) is 5.56. The molecule has 0 spiro atoms. The quantitative estimate of drug-likeness (QED) is 0.841. The first kappa shape index (κ1) is 18.0. The van der Waals surface area contributed by atoms with Crippen LogP contribution in [0.15, 0.2) is 24.3 Å². The maximum Gasteiger partial charge on any atom is 0.242 e. The summed E-state index contributed by atoms with van der Waals surface area (Å²) in [6, 6.07) is 7.06. The monoisotopic (exact) mass is 306 g/mol. The summed E-state index contributed by atoms with van der Waals surface area (Å²) in [5.74, 6) is 0.593. The van der Waals surface area contributed by atoms with Crippen molar-refractivity contribution in [1.29, 1.82) is 0 Å². The molecule has 1 aromatic rings. The number of ether oxygens (including phenoxy) is 1. The van der Waals surface area contributed by atoms with E-state index in [4.69, 9.17) is 4.74 Å². The van der Waals surface area contributed by atoms with Gasteiger partial charge in [-0.05, 0) is 38.5 Å². The average Bonchev–Trinajstić information content (AvgIpc) is 2.51. The summed E-state index contributed by atoms with van der Waals surface area (Å²) in [4.78, 5) is 26.0. The third-order valence-electron chi connectivity index (χ3n) is 3.41. The minimum absolute atomic E-state index is 0.0396. The largest absolute Gasteiger partial charge is 0.497 e. The smallest absolute Gasteiger partial charge is 0.242 e. The van der Waals surface area contributed by atoms with Gasteiger partial charge in [0.1, 0.15) is 11.8 Å². The lowest BCUT2D eigenvalue weighted by molar-refractivity contribution is -0.140. The zero-order valence-electron chi connectivity index (χ0n) is 14.1. The van der Waals surface area contributed by atoms with Crippen molar-refractivity contribution in [2.75, 3.05) is 7.11 Å². The summed E-state index contributed by atoms with van der Waals surface area (Å²) in [5.41, 5.74) is 0.965. The van der Waals surface area contributed by atoms with Gasteiger partial charge in [0, 0.05) is 19.0 Å². The number of amides is 2. The van der Waals surface area contributed by atoms with E-state index < -0.39 is 6.04 Å². The van der Waals surface area contributed by atoms with Gasteiger partial charge in [-0.3, -0.25) is 9.59 Å². The zero-order chi connectivity index (χ0) is 16.7. The zero-order valence-corrected chi connectivity index (χ0v) is 14.1. The van der Waals surface area contributed by atoms with E-state index in [9.17, 15) is 9.59 Å². The van der Waals surface area contributed by atoms with E-state index >= 15 is 0 Å². The van der Waals surface area contributed by atoms with Crippen molar-refractivity contribution >= 4 is 11.8 Å². The molecule has 0 aliphatic carbocycles. The van der Waals surface area contributed by atoms with Crippen molar-refractivity contribution in [3.8, 4) is 5.75 Å². The maximum absolute atomic E-state index is 12.2. The molecule has 0 fully saturated rings. The number of benzene rings is 1. The molecule has 1 aromatic carbocycles. The molecule has 0 aliphatic heterocycles. The van der Waals surface area contributed by atoms with E-state index in [0.717, 1.165) is 11.3 Å². The lowest BCUT2D eigenvalue weighted by atomic mass is 10.1. The van der Waals surface area contributed by atoms with Gasteiger partial charge in [0.25, 0.3) is 0 Å². The van der Waals surface area contributed by atoms with Crippen LogP contribution in [0.1, 0.15) is 39.7 Å². The lowest BCUT2D eigenvalue weighted by Gasteiger charge is -2.29. The van der Waals surface area contributed by atoms with Crippen LogP contribution in [0.4, 0.5) is 0 Å². The van der Waals surface area contributed by atoms with Crippen LogP contribution in [-0.4, -0.2) is 35.9 Å². The summed E-state index contributed by atoms with van der Waals surface area (Å²) in [6.07, 6.45) is 0.370. The van der Waals surface area contributed by atoms with Gasteiger partial charge in [-0.15, -0.1) is 0 Å². The topological polar surface area (TPSA) is 58.6 Å². The molecular weight excluding hydrogens is 280 g/mol. The number of carbonyl (C=O) groups is 2. The van der Waals surface area contributed by atoms with Crippen LogP contribution >= 0.6 is 0 Å². The standard InChI is InChI=1S/C17H26N2O3/c1-6-16(20)19(13(4)17(21)18-12(2)3)11-14-7-9-15(22-5)10-8-14/h7-10,12-13H,6,11H2,1-5H3,(H,18,21)/t13-/m0/s1. The maximum atomic E-state index is 12.2. The van der Waals surface area contributed by atoms with Crippen molar-refractivity contribution in [3.63, 3.8) is 0 Å². The molecule has 122 valence electrons. The first-order valence-corrected chi connectivity index (χ1v) is 7.61. The summed E-state index contributed by atoms with van der Waals surface area (Å²) in [7, 11) is 1.61. The fourth-order valence-electron chi connectivity index (χ4n) is 2.12. The van der Waals surface area contributed by atoms with Crippen LogP contribution in [0.3, 0.4) is 0 Å². The third-order valence-corrected chi connectivity index (χ3v) is 3.41. The molecule has 0 saturated carbocycles. The normalized spacial score (nSPS) is 11.9. The molecule has 2 amide bonds. The van der Waals surface area contributed by atoms with Crippen LogP contribution in [0, 0.1) is 0 Å². The molecule has 0 aromatic heterocycles. The highest BCUT2D eigenvalue weighted by atomic mass is 16.5.